The fourth-order valence-corrected chi connectivity index (χ4v) is 6.68. The Morgan fingerprint density at radius 2 is 1.77 bits per heavy atom. The molecule has 2 aliphatic rings. The number of carbonyl (C=O) groups excluding carboxylic acids is 1. The summed E-state index contributed by atoms with van der Waals surface area (Å²) in [5.41, 5.74) is 2.18. The molecule has 5 rings (SSSR count). The van der Waals surface area contributed by atoms with Gasteiger partial charge in [0.15, 0.2) is 11.5 Å². The maximum Gasteiger partial charge on any atom is 0.253 e. The molecular weight excluding hydrogens is 520 g/mol. The first-order chi connectivity index (χ1) is 18.7. The number of rotatable bonds is 6. The van der Waals surface area contributed by atoms with Gasteiger partial charge in [-0.1, -0.05) is 43.3 Å². The summed E-state index contributed by atoms with van der Waals surface area (Å²) in [5.74, 6) is 0.807. The first kappa shape index (κ1) is 27.0. The minimum atomic E-state index is -3.96. The third kappa shape index (κ3) is 5.32. The van der Waals surface area contributed by atoms with Gasteiger partial charge in [0.1, 0.15) is 16.7 Å². The number of ether oxygens (including phenoxy) is 3. The van der Waals surface area contributed by atoms with Crippen molar-refractivity contribution in [1.82, 2.24) is 9.21 Å². The van der Waals surface area contributed by atoms with Crippen LogP contribution in [0.4, 0.5) is 0 Å². The Morgan fingerprint density at radius 3 is 2.51 bits per heavy atom. The van der Waals surface area contributed by atoms with Gasteiger partial charge in [-0.3, -0.25) is 4.79 Å². The third-order valence-corrected chi connectivity index (χ3v) is 9.21. The molecule has 0 bridgehead atoms. The minimum absolute atomic E-state index is 0.0316. The Bertz CT molecular complexity index is 1460. The molecule has 0 unspecified atom stereocenters. The lowest BCUT2D eigenvalue weighted by atomic mass is 10.0. The fourth-order valence-electron chi connectivity index (χ4n) is 4.86. The summed E-state index contributed by atoms with van der Waals surface area (Å²) in [5, 5.41) is 9.88. The predicted molar refractivity (Wildman–Crippen MR) is 145 cm³/mol. The number of amides is 1. The van der Waals surface area contributed by atoms with E-state index in [1.54, 1.807) is 55.3 Å². The second-order valence-electron chi connectivity index (χ2n) is 10.0. The topological polar surface area (TPSA) is 106 Å². The molecule has 39 heavy (non-hydrogen) atoms. The van der Waals surface area contributed by atoms with E-state index in [2.05, 4.69) is 0 Å². The molecule has 3 atom stereocenters. The second kappa shape index (κ2) is 10.9. The van der Waals surface area contributed by atoms with Gasteiger partial charge in [0.05, 0.1) is 13.2 Å². The quantitative estimate of drug-likeness (QED) is 0.498. The molecule has 0 spiro atoms. The molecule has 2 heterocycles. The van der Waals surface area contributed by atoms with Gasteiger partial charge in [-0.05, 0) is 48.4 Å². The number of benzene rings is 3. The molecule has 0 saturated heterocycles. The average molecular weight is 553 g/mol. The third-order valence-electron chi connectivity index (χ3n) is 7.19. The summed E-state index contributed by atoms with van der Waals surface area (Å²) in [4.78, 5) is 14.9. The van der Waals surface area contributed by atoms with E-state index >= 15 is 0 Å². The Hall–Kier alpha value is -3.60. The maximum atomic E-state index is 13.7. The number of hydrogen-bond acceptors (Lipinski definition) is 7. The lowest BCUT2D eigenvalue weighted by molar-refractivity contribution is 0.0563. The van der Waals surface area contributed by atoms with Crippen LogP contribution in [0, 0.1) is 5.92 Å². The van der Waals surface area contributed by atoms with E-state index in [9.17, 15) is 18.3 Å². The first-order valence-electron chi connectivity index (χ1n) is 12.8. The molecule has 0 aliphatic carbocycles. The van der Waals surface area contributed by atoms with Crippen molar-refractivity contribution in [1.29, 1.82) is 0 Å². The highest BCUT2D eigenvalue weighted by Crippen LogP contribution is 2.37. The van der Waals surface area contributed by atoms with E-state index in [0.29, 0.717) is 17.1 Å². The molecule has 1 amide bonds. The maximum absolute atomic E-state index is 13.7. The summed E-state index contributed by atoms with van der Waals surface area (Å²) in [6.07, 6.45) is -0.526. The highest BCUT2D eigenvalue weighted by Gasteiger charge is 2.38. The van der Waals surface area contributed by atoms with Crippen LogP contribution in [-0.2, 0) is 10.0 Å². The summed E-state index contributed by atoms with van der Waals surface area (Å²) in [6, 6.07) is 19.1. The highest BCUT2D eigenvalue weighted by atomic mass is 32.2. The molecule has 3 aromatic rings. The van der Waals surface area contributed by atoms with E-state index in [1.165, 1.54) is 4.31 Å². The summed E-state index contributed by atoms with van der Waals surface area (Å²) in [6.45, 7) is 3.70. The molecule has 0 aromatic heterocycles. The minimum Gasteiger partial charge on any atom is -0.487 e. The lowest BCUT2D eigenvalue weighted by Crippen LogP contribution is -2.50. The van der Waals surface area contributed by atoms with Crippen molar-refractivity contribution in [3.63, 3.8) is 0 Å². The second-order valence-corrected chi connectivity index (χ2v) is 11.9. The van der Waals surface area contributed by atoms with Gasteiger partial charge in [-0.2, -0.15) is 4.31 Å². The van der Waals surface area contributed by atoms with Crippen molar-refractivity contribution < 1.29 is 32.5 Å². The zero-order chi connectivity index (χ0) is 27.7. The van der Waals surface area contributed by atoms with Crippen molar-refractivity contribution in [2.45, 2.75) is 30.9 Å². The monoisotopic (exact) mass is 552 g/mol. The van der Waals surface area contributed by atoms with Crippen LogP contribution in [0.15, 0.2) is 71.6 Å². The molecule has 0 fully saturated rings. The summed E-state index contributed by atoms with van der Waals surface area (Å²) >= 11 is 0. The van der Waals surface area contributed by atoms with E-state index in [1.807, 2.05) is 37.3 Å². The number of sulfonamides is 1. The lowest BCUT2D eigenvalue weighted by Gasteiger charge is -2.37. The molecule has 0 saturated carbocycles. The van der Waals surface area contributed by atoms with Gasteiger partial charge < -0.3 is 24.2 Å². The molecule has 206 valence electrons. The van der Waals surface area contributed by atoms with Crippen molar-refractivity contribution in [2.24, 2.45) is 5.92 Å². The van der Waals surface area contributed by atoms with Crippen molar-refractivity contribution in [3.05, 3.63) is 72.3 Å². The van der Waals surface area contributed by atoms with Crippen LogP contribution in [0.5, 0.6) is 17.2 Å². The smallest absolute Gasteiger partial charge is 0.253 e. The van der Waals surface area contributed by atoms with Crippen molar-refractivity contribution >= 4 is 15.9 Å². The van der Waals surface area contributed by atoms with E-state index in [0.717, 1.165) is 11.1 Å². The fraction of sp³-hybridized carbons (Fsp3) is 0.345. The van der Waals surface area contributed by atoms with Gasteiger partial charge in [0, 0.05) is 31.1 Å². The highest BCUT2D eigenvalue weighted by molar-refractivity contribution is 7.89. The van der Waals surface area contributed by atoms with Gasteiger partial charge >= 0.3 is 0 Å². The van der Waals surface area contributed by atoms with Crippen LogP contribution >= 0.6 is 0 Å². The Morgan fingerprint density at radius 1 is 1.03 bits per heavy atom. The number of aliphatic hydroxyl groups is 1. The molecule has 10 heteroatoms. The van der Waals surface area contributed by atoms with Gasteiger partial charge in [0.25, 0.3) is 5.91 Å². The SMILES string of the molecule is C[C@H](CO)N1C[C@H](C)[C@@H](CN(C)C(=O)c2ccc3c(c2)OCO3)Oc2cc(-c3ccccc3)ccc2S1(=O)=O. The Labute approximate surface area is 228 Å². The van der Waals surface area contributed by atoms with Gasteiger partial charge in [-0.25, -0.2) is 8.42 Å². The molecule has 0 radical (unpaired) electrons. The molecular formula is C29H32N2O7S. The standard InChI is InChI=1S/C29H32N2O7S/c1-19-15-31(20(2)17-32)39(34,35)28-12-10-22(21-7-5-4-6-8-21)13-26(28)38-27(19)16-30(3)29(33)23-9-11-24-25(14-23)37-18-36-24/h4-14,19-20,27,32H,15-18H2,1-3H3/t19-,20+,27+/m0/s1. The number of aliphatic hydroxyl groups excluding tert-OH is 1. The zero-order valence-electron chi connectivity index (χ0n) is 22.1. The molecule has 2 aliphatic heterocycles. The van der Waals surface area contributed by atoms with E-state index in [-0.39, 0.29) is 49.0 Å². The Balaban J connectivity index is 1.49. The van der Waals surface area contributed by atoms with Crippen LogP contribution in [0.3, 0.4) is 0 Å². The number of fused-ring (bicyclic) bond motifs is 2. The van der Waals surface area contributed by atoms with Gasteiger partial charge in [0.2, 0.25) is 16.8 Å². The molecule has 9 nitrogen and oxygen atoms in total. The number of hydrogen-bond donors (Lipinski definition) is 1. The van der Waals surface area contributed by atoms with Crippen LogP contribution < -0.4 is 14.2 Å². The van der Waals surface area contributed by atoms with Crippen LogP contribution in [0.2, 0.25) is 0 Å². The van der Waals surface area contributed by atoms with Crippen LogP contribution in [0.25, 0.3) is 11.1 Å². The number of nitrogens with zero attached hydrogens (tertiary/aromatic N) is 2. The van der Waals surface area contributed by atoms with E-state index < -0.39 is 22.2 Å². The summed E-state index contributed by atoms with van der Waals surface area (Å²) in [7, 11) is -2.27. The predicted octanol–water partition coefficient (Wildman–Crippen LogP) is 3.62. The molecule has 1 N–H and O–H groups in total. The van der Waals surface area contributed by atoms with Crippen molar-refractivity contribution in [3.8, 4) is 28.4 Å². The molecule has 3 aromatic carbocycles. The largest absolute Gasteiger partial charge is 0.487 e. The number of carbonyl (C=O) groups is 1. The van der Waals surface area contributed by atoms with Crippen LogP contribution in [-0.4, -0.2) is 74.3 Å². The summed E-state index contributed by atoms with van der Waals surface area (Å²) < 4.78 is 46.0. The Kier molecular flexibility index (Phi) is 7.53. The normalized spacial score (nSPS) is 20.7. The average Bonchev–Trinajstić information content (AvgIpc) is 3.42. The van der Waals surface area contributed by atoms with Gasteiger partial charge in [-0.15, -0.1) is 0 Å². The van der Waals surface area contributed by atoms with Crippen LogP contribution in [0.1, 0.15) is 24.2 Å². The zero-order valence-corrected chi connectivity index (χ0v) is 22.9. The van der Waals surface area contributed by atoms with E-state index in [4.69, 9.17) is 14.2 Å². The van der Waals surface area contributed by atoms with Crippen molar-refractivity contribution in [2.75, 3.05) is 33.5 Å². The first-order valence-corrected chi connectivity index (χ1v) is 14.3. The number of likely N-dealkylation sites (N-methyl/N-ethyl adjacent to an activating group) is 1.